The fraction of sp³-hybridized carbons (Fsp3) is 0.314. The molecule has 0 saturated carbocycles. The predicted molar refractivity (Wildman–Crippen MR) is 181 cm³/mol. The van der Waals surface area contributed by atoms with Gasteiger partial charge < -0.3 is 29.2 Å². The summed E-state index contributed by atoms with van der Waals surface area (Å²) >= 11 is 8.13. The van der Waals surface area contributed by atoms with Gasteiger partial charge in [-0.2, -0.15) is 4.98 Å². The number of pyridine rings is 1. The Morgan fingerprint density at radius 3 is 2.59 bits per heavy atom. The molecular formula is C35H33ClN4O8S. The van der Waals surface area contributed by atoms with Crippen LogP contribution in [-0.4, -0.2) is 70.3 Å². The van der Waals surface area contributed by atoms with E-state index >= 15 is 0 Å². The van der Waals surface area contributed by atoms with Crippen LogP contribution in [0.25, 0.3) is 11.5 Å². The first-order valence-corrected chi connectivity index (χ1v) is 17.0. The standard InChI is InChI=1S/C35H33ClN4O8S/c1-18-15-23(41)28(32(43)35(18)33(44)29-24(45-2)17-25(46-3)30(36)31(29)47-35)21(19-8-10-20(49-4)11-9-19)16-26(42)38-14-12-27-39-34(40-48-27)22-7-5-6-13-37-22/h5-11,13,17-18,21,43H,12,14-16H2,1-4H3,(H,38,42)/t18-,21?,35+/m1/s1. The van der Waals surface area contributed by atoms with Gasteiger partial charge in [0.2, 0.25) is 29.0 Å². The number of hydrogen-bond acceptors (Lipinski definition) is 12. The van der Waals surface area contributed by atoms with Gasteiger partial charge in [-0.05, 0) is 36.1 Å². The second-order valence-corrected chi connectivity index (χ2v) is 12.9. The molecule has 2 aliphatic rings. The molecule has 0 bridgehead atoms. The Bertz CT molecular complexity index is 1950. The fourth-order valence-electron chi connectivity index (χ4n) is 6.28. The number of amides is 1. The number of halogens is 1. The van der Waals surface area contributed by atoms with Crippen LogP contribution in [0.5, 0.6) is 17.2 Å². The minimum Gasteiger partial charge on any atom is -0.507 e. The number of fused-ring (bicyclic) bond motifs is 1. The van der Waals surface area contributed by atoms with Gasteiger partial charge in [0.25, 0.3) is 0 Å². The molecule has 1 amide bonds. The maximum absolute atomic E-state index is 14.3. The average Bonchev–Trinajstić information content (AvgIpc) is 3.71. The van der Waals surface area contributed by atoms with Crippen molar-refractivity contribution in [2.24, 2.45) is 5.92 Å². The van der Waals surface area contributed by atoms with Gasteiger partial charge in [0.15, 0.2) is 17.3 Å². The molecule has 3 heterocycles. The highest BCUT2D eigenvalue weighted by Gasteiger charge is 2.61. The van der Waals surface area contributed by atoms with Crippen LogP contribution < -0.4 is 19.5 Å². The van der Waals surface area contributed by atoms with E-state index < -0.39 is 40.7 Å². The number of Topliss-reactive ketones (excluding diaryl/α,β-unsaturated/α-hetero) is 2. The topological polar surface area (TPSA) is 163 Å². The van der Waals surface area contributed by atoms with Gasteiger partial charge in [0.05, 0.1) is 14.2 Å². The molecule has 4 aromatic rings. The summed E-state index contributed by atoms with van der Waals surface area (Å²) in [6, 6.07) is 14.2. The fourth-order valence-corrected chi connectivity index (χ4v) is 6.96. The van der Waals surface area contributed by atoms with E-state index in [0.717, 1.165) is 4.90 Å². The lowest BCUT2D eigenvalue weighted by atomic mass is 9.69. The molecule has 1 spiro atoms. The van der Waals surface area contributed by atoms with Gasteiger partial charge >= 0.3 is 0 Å². The second-order valence-electron chi connectivity index (χ2n) is 11.6. The summed E-state index contributed by atoms with van der Waals surface area (Å²) in [4.78, 5) is 51.1. The molecule has 3 atom stereocenters. The molecule has 1 aliphatic carbocycles. The van der Waals surface area contributed by atoms with Gasteiger partial charge in [0.1, 0.15) is 27.8 Å². The zero-order valence-corrected chi connectivity index (χ0v) is 28.7. The zero-order valence-electron chi connectivity index (χ0n) is 27.1. The Kier molecular flexibility index (Phi) is 9.66. The quantitative estimate of drug-likeness (QED) is 0.181. The van der Waals surface area contributed by atoms with Crippen LogP contribution in [0.4, 0.5) is 0 Å². The summed E-state index contributed by atoms with van der Waals surface area (Å²) in [5.41, 5.74) is -0.866. The van der Waals surface area contributed by atoms with Gasteiger partial charge in [-0.25, -0.2) is 0 Å². The van der Waals surface area contributed by atoms with E-state index in [-0.39, 0.29) is 59.2 Å². The van der Waals surface area contributed by atoms with Crippen molar-refractivity contribution in [3.05, 3.63) is 88.1 Å². The minimum absolute atomic E-state index is 0.0131. The first-order valence-electron chi connectivity index (χ1n) is 15.4. The van der Waals surface area contributed by atoms with Crippen LogP contribution in [-0.2, 0) is 16.0 Å². The number of hydrogen-bond donors (Lipinski definition) is 2. The van der Waals surface area contributed by atoms with E-state index in [2.05, 4.69) is 20.4 Å². The molecule has 14 heteroatoms. The number of ketones is 2. The van der Waals surface area contributed by atoms with Gasteiger partial charge in [-0.15, -0.1) is 11.8 Å². The Labute approximate surface area is 291 Å². The molecule has 12 nitrogen and oxygen atoms in total. The van der Waals surface area contributed by atoms with Crippen molar-refractivity contribution in [2.45, 2.75) is 42.6 Å². The van der Waals surface area contributed by atoms with E-state index in [1.165, 1.54) is 32.0 Å². The highest BCUT2D eigenvalue weighted by atomic mass is 35.5. The summed E-state index contributed by atoms with van der Waals surface area (Å²) in [6.45, 7) is 1.82. The number of nitrogens with one attached hydrogen (secondary N) is 1. The van der Waals surface area contributed by atoms with E-state index in [4.69, 9.17) is 30.3 Å². The van der Waals surface area contributed by atoms with Crippen molar-refractivity contribution in [1.82, 2.24) is 20.4 Å². The van der Waals surface area contributed by atoms with Crippen molar-refractivity contribution >= 4 is 40.8 Å². The molecule has 2 aromatic heterocycles. The molecule has 0 radical (unpaired) electrons. The summed E-state index contributed by atoms with van der Waals surface area (Å²) < 4.78 is 22.5. The van der Waals surface area contributed by atoms with Crippen molar-refractivity contribution in [3.63, 3.8) is 0 Å². The summed E-state index contributed by atoms with van der Waals surface area (Å²) in [7, 11) is 2.80. The molecule has 6 rings (SSSR count). The van der Waals surface area contributed by atoms with E-state index in [1.54, 1.807) is 37.4 Å². The number of aromatic nitrogens is 3. The smallest absolute Gasteiger partial charge is 0.231 e. The number of carbonyl (C=O) groups excluding carboxylic acids is 3. The number of rotatable bonds is 11. The number of thioether (sulfide) groups is 1. The summed E-state index contributed by atoms with van der Waals surface area (Å²) in [5.74, 6) is -2.69. The number of nitrogens with zero attached hydrogens (tertiary/aromatic N) is 3. The molecule has 2 aromatic carbocycles. The largest absolute Gasteiger partial charge is 0.507 e. The normalized spacial score (nSPS) is 19.1. The Morgan fingerprint density at radius 2 is 1.92 bits per heavy atom. The number of carbonyl (C=O) groups is 3. The Hall–Kier alpha value is -4.88. The molecule has 49 heavy (non-hydrogen) atoms. The third-order valence-electron chi connectivity index (χ3n) is 8.79. The van der Waals surface area contributed by atoms with E-state index in [9.17, 15) is 19.5 Å². The SMILES string of the molecule is COc1cc(OC)c2c(c1Cl)O[C@]1(C2=O)C(O)=C(C(CC(=O)NCCc2nc(-c3ccccn3)no2)c2ccc(SC)cc2)C(=O)C[C@H]1C. The molecule has 0 fully saturated rings. The second kappa shape index (κ2) is 13.9. The average molecular weight is 705 g/mol. The highest BCUT2D eigenvalue weighted by Crippen LogP contribution is 2.55. The Balaban J connectivity index is 1.32. The Morgan fingerprint density at radius 1 is 1.16 bits per heavy atom. The molecule has 0 saturated heterocycles. The van der Waals surface area contributed by atoms with Gasteiger partial charge in [-0.1, -0.05) is 41.9 Å². The molecule has 1 unspecified atom stereocenters. The monoisotopic (exact) mass is 704 g/mol. The van der Waals surface area contributed by atoms with E-state index in [1.807, 2.05) is 24.5 Å². The first kappa shape index (κ1) is 34.0. The zero-order chi connectivity index (χ0) is 34.9. The lowest BCUT2D eigenvalue weighted by molar-refractivity contribution is -0.121. The van der Waals surface area contributed by atoms with E-state index in [0.29, 0.717) is 23.0 Å². The third kappa shape index (κ3) is 6.12. The van der Waals surface area contributed by atoms with Crippen LogP contribution in [0, 0.1) is 5.92 Å². The number of aliphatic hydroxyl groups excluding tert-OH is 1. The minimum atomic E-state index is -1.98. The molecule has 2 N–H and O–H groups in total. The summed E-state index contributed by atoms with van der Waals surface area (Å²) in [5, 5.41) is 18.9. The van der Waals surface area contributed by atoms with Crippen LogP contribution >= 0.6 is 23.4 Å². The number of benzene rings is 2. The number of aliphatic hydroxyl groups is 1. The molecular weight excluding hydrogens is 672 g/mol. The first-order chi connectivity index (χ1) is 23.6. The third-order valence-corrected chi connectivity index (χ3v) is 9.89. The number of ether oxygens (including phenoxy) is 3. The lowest BCUT2D eigenvalue weighted by Crippen LogP contribution is -2.53. The number of allylic oxidation sites excluding steroid dienone is 1. The molecule has 1 aliphatic heterocycles. The maximum Gasteiger partial charge on any atom is 0.231 e. The van der Waals surface area contributed by atoms with Gasteiger partial charge in [-0.3, -0.25) is 19.4 Å². The summed E-state index contributed by atoms with van der Waals surface area (Å²) in [6.07, 6.45) is 3.46. The van der Waals surface area contributed by atoms with Crippen molar-refractivity contribution in [2.75, 3.05) is 27.0 Å². The number of methoxy groups -OCH3 is 2. The van der Waals surface area contributed by atoms with Crippen molar-refractivity contribution in [1.29, 1.82) is 0 Å². The van der Waals surface area contributed by atoms with Crippen LogP contribution in [0.15, 0.2) is 75.5 Å². The van der Waals surface area contributed by atoms with Crippen LogP contribution in [0.3, 0.4) is 0 Å². The highest BCUT2D eigenvalue weighted by molar-refractivity contribution is 7.98. The lowest BCUT2D eigenvalue weighted by Gasteiger charge is -2.38. The molecule has 254 valence electrons. The predicted octanol–water partition coefficient (Wildman–Crippen LogP) is 5.79. The van der Waals surface area contributed by atoms with Gasteiger partial charge in [0, 0.05) is 60.4 Å². The maximum atomic E-state index is 14.3. The van der Waals surface area contributed by atoms with Crippen LogP contribution in [0.2, 0.25) is 5.02 Å². The van der Waals surface area contributed by atoms with Crippen LogP contribution in [0.1, 0.15) is 47.5 Å². The van der Waals surface area contributed by atoms with Crippen molar-refractivity contribution < 1.29 is 38.2 Å². The van der Waals surface area contributed by atoms with Crippen molar-refractivity contribution in [3.8, 4) is 28.8 Å².